The van der Waals surface area contributed by atoms with Crippen LogP contribution in [-0.2, 0) is 0 Å². The van der Waals surface area contributed by atoms with Gasteiger partial charge in [0.2, 0.25) is 0 Å². The molecule has 0 bridgehead atoms. The molecule has 0 atom stereocenters. The molecule has 0 N–H and O–H groups in total. The monoisotopic (exact) mass is 118 g/mol. The van der Waals surface area contributed by atoms with Gasteiger partial charge in [0.1, 0.15) is 0 Å². The van der Waals surface area contributed by atoms with Gasteiger partial charge in [0.25, 0.3) is 0 Å². The summed E-state index contributed by atoms with van der Waals surface area (Å²) in [5, 5.41) is 0. The van der Waals surface area contributed by atoms with Gasteiger partial charge >= 0.3 is 0 Å². The molecule has 1 rings (SSSR count). The Bertz CT molecular complexity index is 233. The van der Waals surface area contributed by atoms with Crippen LogP contribution < -0.4 is 0 Å². The molecule has 0 aliphatic rings. The molecule has 1 heterocycles. The first-order chi connectivity index (χ1) is 4.43. The molecule has 0 saturated heterocycles. The van der Waals surface area contributed by atoms with Crippen molar-refractivity contribution in [3.8, 4) is 11.8 Å². The second kappa shape index (κ2) is 2.78. The van der Waals surface area contributed by atoms with Crippen molar-refractivity contribution in [1.29, 1.82) is 0 Å². The van der Waals surface area contributed by atoms with Gasteiger partial charge in [-0.3, -0.25) is 0 Å². The Morgan fingerprint density at radius 3 is 3.11 bits per heavy atom. The second-order valence-electron chi connectivity index (χ2n) is 1.45. The lowest BCUT2D eigenvalue weighted by atomic mass is 10.4. The van der Waals surface area contributed by atoms with Crippen molar-refractivity contribution in [3.05, 3.63) is 36.8 Å². The van der Waals surface area contributed by atoms with Crippen LogP contribution in [0.2, 0.25) is 0 Å². The Labute approximate surface area is 54.0 Å². The first-order valence-electron chi connectivity index (χ1n) is 2.59. The molecule has 0 aliphatic heterocycles. The van der Waals surface area contributed by atoms with E-state index >= 15 is 0 Å². The van der Waals surface area contributed by atoms with Crippen LogP contribution in [0.3, 0.4) is 0 Å². The van der Waals surface area contributed by atoms with E-state index < -0.39 is 0 Å². The molecule has 0 aliphatic carbocycles. The highest BCUT2D eigenvalue weighted by atomic mass is 16.3. The van der Waals surface area contributed by atoms with E-state index in [0.717, 1.165) is 0 Å². The maximum absolute atomic E-state index is 4.91. The van der Waals surface area contributed by atoms with Crippen molar-refractivity contribution < 1.29 is 4.42 Å². The van der Waals surface area contributed by atoms with Gasteiger partial charge in [-0.1, -0.05) is 12.5 Å². The summed E-state index contributed by atoms with van der Waals surface area (Å²) in [5.74, 6) is 6.09. The van der Waals surface area contributed by atoms with Gasteiger partial charge in [0.05, 0.1) is 6.26 Å². The summed E-state index contributed by atoms with van der Waals surface area (Å²) in [6.45, 7) is 3.44. The number of allylic oxidation sites excluding steroid dienone is 1. The minimum Gasteiger partial charge on any atom is -0.456 e. The Hall–Kier alpha value is -1.42. The number of hydrogen-bond acceptors (Lipinski definition) is 1. The first-order valence-corrected chi connectivity index (χ1v) is 2.59. The Morgan fingerprint density at radius 2 is 2.56 bits per heavy atom. The van der Waals surface area contributed by atoms with Crippen LogP contribution >= 0.6 is 0 Å². The van der Waals surface area contributed by atoms with Gasteiger partial charge < -0.3 is 4.42 Å². The van der Waals surface area contributed by atoms with Gasteiger partial charge in [-0.25, -0.2) is 0 Å². The lowest BCUT2D eigenvalue weighted by molar-refractivity contribution is 0.554. The van der Waals surface area contributed by atoms with E-state index in [1.165, 1.54) is 6.08 Å². The van der Waals surface area contributed by atoms with Crippen molar-refractivity contribution in [2.45, 2.75) is 0 Å². The van der Waals surface area contributed by atoms with Crippen molar-refractivity contribution in [1.82, 2.24) is 0 Å². The molecule has 0 radical (unpaired) electrons. The summed E-state index contributed by atoms with van der Waals surface area (Å²) in [5.41, 5.74) is 0. The van der Waals surface area contributed by atoms with Crippen LogP contribution in [0, 0.1) is 11.8 Å². The number of furan rings is 1. The molecule has 0 unspecified atom stereocenters. The molecule has 44 valence electrons. The van der Waals surface area contributed by atoms with Gasteiger partial charge in [-0.2, -0.15) is 0 Å². The third kappa shape index (κ3) is 1.50. The van der Waals surface area contributed by atoms with Crippen LogP contribution in [-0.4, -0.2) is 0 Å². The van der Waals surface area contributed by atoms with E-state index in [0.29, 0.717) is 5.76 Å². The minimum atomic E-state index is 0.676. The normalized spacial score (nSPS) is 7.56. The first kappa shape index (κ1) is 5.71. The minimum absolute atomic E-state index is 0.676. The third-order valence-electron chi connectivity index (χ3n) is 0.819. The Kier molecular flexibility index (Phi) is 1.77. The van der Waals surface area contributed by atoms with E-state index in [-0.39, 0.29) is 0 Å². The molecular formula is C8H6O. The van der Waals surface area contributed by atoms with Crippen LogP contribution in [0.4, 0.5) is 0 Å². The van der Waals surface area contributed by atoms with Crippen molar-refractivity contribution in [2.75, 3.05) is 0 Å². The zero-order valence-corrected chi connectivity index (χ0v) is 4.92. The average Bonchev–Trinajstić information content (AvgIpc) is 2.34. The standard InChI is InChI=1S/C8H6O/c1-2-3-5-8-6-4-7-9-8/h2,4,6-7H,1H2. The fourth-order valence-electron chi connectivity index (χ4n) is 0.472. The number of rotatable bonds is 0. The predicted molar refractivity (Wildman–Crippen MR) is 35.8 cm³/mol. The van der Waals surface area contributed by atoms with E-state index in [2.05, 4.69) is 18.4 Å². The summed E-state index contributed by atoms with van der Waals surface area (Å²) in [7, 11) is 0. The Balaban J connectivity index is 2.78. The fourth-order valence-corrected chi connectivity index (χ4v) is 0.472. The smallest absolute Gasteiger partial charge is 0.176 e. The van der Waals surface area contributed by atoms with Crippen LogP contribution in [0.5, 0.6) is 0 Å². The molecule has 0 amide bonds. The molecule has 0 saturated carbocycles. The molecule has 1 nitrogen and oxygen atoms in total. The third-order valence-corrected chi connectivity index (χ3v) is 0.819. The summed E-state index contributed by atoms with van der Waals surface area (Å²) in [6, 6.07) is 3.60. The molecule has 1 heteroatoms. The van der Waals surface area contributed by atoms with Crippen LogP contribution in [0.15, 0.2) is 35.5 Å². The molecule has 9 heavy (non-hydrogen) atoms. The molecule has 0 spiro atoms. The largest absolute Gasteiger partial charge is 0.456 e. The van der Waals surface area contributed by atoms with Gasteiger partial charge in [-0.05, 0) is 24.1 Å². The van der Waals surface area contributed by atoms with Crippen LogP contribution in [0.1, 0.15) is 5.76 Å². The zero-order chi connectivity index (χ0) is 6.53. The molecule has 1 aromatic heterocycles. The quantitative estimate of drug-likeness (QED) is 0.473. The van der Waals surface area contributed by atoms with E-state index in [9.17, 15) is 0 Å². The Morgan fingerprint density at radius 1 is 1.67 bits per heavy atom. The highest BCUT2D eigenvalue weighted by Gasteiger charge is 1.82. The van der Waals surface area contributed by atoms with Gasteiger partial charge in [0, 0.05) is 0 Å². The van der Waals surface area contributed by atoms with Crippen molar-refractivity contribution in [3.63, 3.8) is 0 Å². The zero-order valence-electron chi connectivity index (χ0n) is 4.92. The lowest BCUT2D eigenvalue weighted by Gasteiger charge is -1.71. The van der Waals surface area contributed by atoms with Gasteiger partial charge in [0.15, 0.2) is 5.76 Å². The van der Waals surface area contributed by atoms with Crippen molar-refractivity contribution in [2.24, 2.45) is 0 Å². The van der Waals surface area contributed by atoms with Crippen molar-refractivity contribution >= 4 is 0 Å². The molecule has 0 fully saturated rings. The lowest BCUT2D eigenvalue weighted by Crippen LogP contribution is -1.58. The maximum atomic E-state index is 4.91. The fraction of sp³-hybridized carbons (Fsp3) is 0. The topological polar surface area (TPSA) is 13.1 Å². The average molecular weight is 118 g/mol. The maximum Gasteiger partial charge on any atom is 0.176 e. The summed E-state index contributed by atoms with van der Waals surface area (Å²) < 4.78 is 4.91. The van der Waals surface area contributed by atoms with Crippen LogP contribution in [0.25, 0.3) is 0 Å². The molecule has 1 aromatic rings. The summed E-state index contributed by atoms with van der Waals surface area (Å²) in [6.07, 6.45) is 3.12. The highest BCUT2D eigenvalue weighted by molar-refractivity contribution is 5.28. The SMILES string of the molecule is C=CC#Cc1ccco1. The highest BCUT2D eigenvalue weighted by Crippen LogP contribution is 1.95. The van der Waals surface area contributed by atoms with E-state index in [1.807, 2.05) is 0 Å². The molecular weight excluding hydrogens is 112 g/mol. The summed E-state index contributed by atoms with van der Waals surface area (Å²) >= 11 is 0. The number of hydrogen-bond donors (Lipinski definition) is 0. The second-order valence-corrected chi connectivity index (χ2v) is 1.45. The van der Waals surface area contributed by atoms with E-state index in [1.54, 1.807) is 18.4 Å². The van der Waals surface area contributed by atoms with E-state index in [4.69, 9.17) is 4.42 Å². The summed E-state index contributed by atoms with van der Waals surface area (Å²) in [4.78, 5) is 0. The van der Waals surface area contributed by atoms with Gasteiger partial charge in [-0.15, -0.1) is 0 Å². The molecule has 0 aromatic carbocycles. The predicted octanol–water partition coefficient (Wildman–Crippen LogP) is 1.82.